The minimum Gasteiger partial charge on any atom is -0.491 e. The summed E-state index contributed by atoms with van der Waals surface area (Å²) in [4.78, 5) is 25.5. The van der Waals surface area contributed by atoms with E-state index in [1.54, 1.807) is 13.0 Å². The van der Waals surface area contributed by atoms with Crippen molar-refractivity contribution in [1.29, 1.82) is 0 Å². The van der Waals surface area contributed by atoms with E-state index < -0.39 is 5.97 Å². The predicted octanol–water partition coefficient (Wildman–Crippen LogP) is 4.98. The minimum absolute atomic E-state index is 0.0825. The molecule has 6 heteroatoms. The van der Waals surface area contributed by atoms with Crippen LogP contribution in [0, 0.1) is 13.8 Å². The number of benzene rings is 1. The Morgan fingerprint density at radius 3 is 2.67 bits per heavy atom. The van der Waals surface area contributed by atoms with Gasteiger partial charge in [-0.15, -0.1) is 11.3 Å². The molecule has 1 aromatic carbocycles. The van der Waals surface area contributed by atoms with E-state index in [0.29, 0.717) is 10.6 Å². The molecule has 1 N–H and O–H groups in total. The Hall–Kier alpha value is -2.60. The number of amides is 1. The Morgan fingerprint density at radius 2 is 2.00 bits per heavy atom. The molecule has 144 valence electrons. The average Bonchev–Trinajstić information content (AvgIpc) is 2.87. The molecule has 0 saturated carbocycles. The maximum absolute atomic E-state index is 12.3. The van der Waals surface area contributed by atoms with E-state index in [1.165, 1.54) is 17.4 Å². The van der Waals surface area contributed by atoms with Gasteiger partial charge < -0.3 is 14.8 Å². The van der Waals surface area contributed by atoms with Crippen molar-refractivity contribution in [3.05, 3.63) is 51.9 Å². The van der Waals surface area contributed by atoms with Crippen molar-refractivity contribution in [2.24, 2.45) is 0 Å². The topological polar surface area (TPSA) is 64.6 Å². The van der Waals surface area contributed by atoms with Crippen LogP contribution in [-0.4, -0.2) is 24.6 Å². The normalized spacial score (nSPS) is 11.0. The maximum Gasteiger partial charge on any atom is 0.341 e. The Kier molecular flexibility index (Phi) is 7.19. The van der Waals surface area contributed by atoms with Gasteiger partial charge in [-0.1, -0.05) is 12.1 Å². The fourth-order valence-electron chi connectivity index (χ4n) is 2.45. The molecule has 0 atom stereocenters. The first-order chi connectivity index (χ1) is 12.8. The van der Waals surface area contributed by atoms with Crippen molar-refractivity contribution in [1.82, 2.24) is 0 Å². The molecule has 0 unspecified atom stereocenters. The number of hydrogen-bond acceptors (Lipinski definition) is 5. The minimum atomic E-state index is -0.419. The fraction of sp³-hybridized carbons (Fsp3) is 0.333. The fourth-order valence-corrected chi connectivity index (χ4v) is 3.50. The van der Waals surface area contributed by atoms with Gasteiger partial charge in [-0.2, -0.15) is 0 Å². The molecule has 0 aliphatic carbocycles. The first kappa shape index (κ1) is 20.7. The van der Waals surface area contributed by atoms with Gasteiger partial charge >= 0.3 is 5.97 Å². The van der Waals surface area contributed by atoms with Crippen LogP contribution in [0.4, 0.5) is 5.00 Å². The van der Waals surface area contributed by atoms with Crippen molar-refractivity contribution in [3.8, 4) is 5.75 Å². The lowest BCUT2D eigenvalue weighted by Crippen LogP contribution is -2.12. The molecule has 5 nitrogen and oxygen atoms in total. The summed E-state index contributed by atoms with van der Waals surface area (Å²) >= 11 is 1.37. The van der Waals surface area contributed by atoms with E-state index in [1.807, 2.05) is 52.0 Å². The number of hydrogen-bond donors (Lipinski definition) is 1. The molecule has 0 aliphatic rings. The van der Waals surface area contributed by atoms with Gasteiger partial charge in [-0.05, 0) is 64.0 Å². The van der Waals surface area contributed by atoms with E-state index in [9.17, 15) is 9.59 Å². The molecule has 2 aromatic rings. The lowest BCUT2D eigenvalue weighted by Gasteiger charge is -2.09. The Bertz CT molecular complexity index is 852. The molecule has 0 spiro atoms. The number of thiophene rings is 1. The van der Waals surface area contributed by atoms with Crippen molar-refractivity contribution < 1.29 is 19.1 Å². The molecule has 0 aliphatic heterocycles. The first-order valence-corrected chi connectivity index (χ1v) is 9.66. The Labute approximate surface area is 164 Å². The van der Waals surface area contributed by atoms with Crippen LogP contribution < -0.4 is 10.1 Å². The summed E-state index contributed by atoms with van der Waals surface area (Å²) < 4.78 is 10.8. The maximum atomic E-state index is 12.3. The summed E-state index contributed by atoms with van der Waals surface area (Å²) in [6.07, 6.45) is 3.23. The summed E-state index contributed by atoms with van der Waals surface area (Å²) in [6.45, 7) is 9.72. The summed E-state index contributed by atoms with van der Waals surface area (Å²) in [5.74, 6) is 0.0239. The first-order valence-electron chi connectivity index (χ1n) is 8.84. The molecule has 1 amide bonds. The molecule has 1 aromatic heterocycles. The van der Waals surface area contributed by atoms with Gasteiger partial charge in [0.15, 0.2) is 0 Å². The number of ether oxygens (including phenoxy) is 2. The smallest absolute Gasteiger partial charge is 0.341 e. The summed E-state index contributed by atoms with van der Waals surface area (Å²) in [5, 5.41) is 3.30. The quantitative estimate of drug-likeness (QED) is 0.537. The monoisotopic (exact) mass is 387 g/mol. The molecular weight excluding hydrogens is 362 g/mol. The largest absolute Gasteiger partial charge is 0.491 e. The highest BCUT2D eigenvalue weighted by molar-refractivity contribution is 7.16. The second-order valence-corrected chi connectivity index (χ2v) is 7.49. The second-order valence-electron chi connectivity index (χ2n) is 6.27. The van der Waals surface area contributed by atoms with E-state index in [-0.39, 0.29) is 18.6 Å². The number of anilines is 1. The van der Waals surface area contributed by atoms with Crippen LogP contribution in [0.2, 0.25) is 0 Å². The SMILES string of the molecule is CCOC(=O)c1c(NC(=O)/C=C/c2cccc(OC(C)C)c2)sc(C)c1C. The predicted molar refractivity (Wildman–Crippen MR) is 110 cm³/mol. The number of esters is 1. The second kappa shape index (κ2) is 9.37. The zero-order chi connectivity index (χ0) is 20.0. The molecule has 0 saturated heterocycles. The van der Waals surface area contributed by atoms with E-state index >= 15 is 0 Å². The summed E-state index contributed by atoms with van der Waals surface area (Å²) in [7, 11) is 0. The van der Waals surface area contributed by atoms with Gasteiger partial charge in [-0.25, -0.2) is 4.79 Å². The molecule has 0 bridgehead atoms. The van der Waals surface area contributed by atoms with Crippen LogP contribution in [0.15, 0.2) is 30.3 Å². The van der Waals surface area contributed by atoms with E-state index in [2.05, 4.69) is 5.32 Å². The molecule has 1 heterocycles. The highest BCUT2D eigenvalue weighted by Gasteiger charge is 2.21. The number of rotatable bonds is 7. The number of nitrogens with one attached hydrogen (secondary N) is 1. The number of carbonyl (C=O) groups is 2. The van der Waals surface area contributed by atoms with E-state index in [4.69, 9.17) is 9.47 Å². The van der Waals surface area contributed by atoms with Gasteiger partial charge in [-0.3, -0.25) is 4.79 Å². The third-order valence-corrected chi connectivity index (χ3v) is 4.88. The third-order valence-electron chi connectivity index (χ3n) is 3.76. The van der Waals surface area contributed by atoms with Crippen LogP contribution in [0.5, 0.6) is 5.75 Å². The summed E-state index contributed by atoms with van der Waals surface area (Å²) in [5.41, 5.74) is 2.11. The lowest BCUT2D eigenvalue weighted by atomic mass is 10.1. The highest BCUT2D eigenvalue weighted by atomic mass is 32.1. The number of carbonyl (C=O) groups excluding carboxylic acids is 2. The van der Waals surface area contributed by atoms with Crippen LogP contribution in [0.25, 0.3) is 6.08 Å². The van der Waals surface area contributed by atoms with Crippen molar-refractivity contribution in [2.45, 2.75) is 40.7 Å². The van der Waals surface area contributed by atoms with Crippen molar-refractivity contribution in [2.75, 3.05) is 11.9 Å². The Balaban J connectivity index is 2.13. The standard InChI is InChI=1S/C21H25NO4S/c1-6-25-21(24)19-14(4)15(5)27-20(19)22-18(23)11-10-16-8-7-9-17(12-16)26-13(2)3/h7-13H,6H2,1-5H3,(H,22,23)/b11-10+. The number of aryl methyl sites for hydroxylation is 1. The van der Waals surface area contributed by atoms with Crippen molar-refractivity contribution >= 4 is 34.3 Å². The molecule has 2 rings (SSSR count). The average molecular weight is 388 g/mol. The molecule has 0 fully saturated rings. The van der Waals surface area contributed by atoms with Crippen molar-refractivity contribution in [3.63, 3.8) is 0 Å². The third kappa shape index (κ3) is 5.69. The molecule has 0 radical (unpaired) electrons. The van der Waals surface area contributed by atoms with E-state index in [0.717, 1.165) is 21.8 Å². The van der Waals surface area contributed by atoms with Crippen LogP contribution in [0.3, 0.4) is 0 Å². The van der Waals surface area contributed by atoms with Gasteiger partial charge in [0.25, 0.3) is 0 Å². The van der Waals surface area contributed by atoms with Gasteiger partial charge in [0.2, 0.25) is 5.91 Å². The van der Waals surface area contributed by atoms with Gasteiger partial charge in [0.1, 0.15) is 10.8 Å². The lowest BCUT2D eigenvalue weighted by molar-refractivity contribution is -0.111. The molecular formula is C21H25NO4S. The summed E-state index contributed by atoms with van der Waals surface area (Å²) in [6, 6.07) is 7.51. The zero-order valence-electron chi connectivity index (χ0n) is 16.3. The Morgan fingerprint density at radius 1 is 1.26 bits per heavy atom. The molecule has 27 heavy (non-hydrogen) atoms. The van der Waals surface area contributed by atoms with Crippen LogP contribution in [-0.2, 0) is 9.53 Å². The highest BCUT2D eigenvalue weighted by Crippen LogP contribution is 2.33. The van der Waals surface area contributed by atoms with Crippen LogP contribution >= 0.6 is 11.3 Å². The van der Waals surface area contributed by atoms with Gasteiger partial charge in [0.05, 0.1) is 18.3 Å². The van der Waals surface area contributed by atoms with Gasteiger partial charge in [0, 0.05) is 11.0 Å². The zero-order valence-corrected chi connectivity index (χ0v) is 17.1. The van der Waals surface area contributed by atoms with Crippen LogP contribution in [0.1, 0.15) is 47.1 Å².